The topological polar surface area (TPSA) is 136 Å². The molecule has 2 atom stereocenters. The lowest BCUT2D eigenvalue weighted by Crippen LogP contribution is -2.51. The number of amides is 3. The smallest absolute Gasteiger partial charge is 0.518 e. The Bertz CT molecular complexity index is 2080. The number of para-hydroxylation sites is 2. The van der Waals surface area contributed by atoms with Gasteiger partial charge in [0.1, 0.15) is 34.6 Å². The summed E-state index contributed by atoms with van der Waals surface area (Å²) in [7, 11) is -1.32. The molecule has 3 aromatic carbocycles. The van der Waals surface area contributed by atoms with Crippen LogP contribution in [0.1, 0.15) is 49.7 Å². The van der Waals surface area contributed by atoms with Gasteiger partial charge in [0.25, 0.3) is 5.56 Å². The van der Waals surface area contributed by atoms with Crippen LogP contribution in [0.2, 0.25) is 0 Å². The summed E-state index contributed by atoms with van der Waals surface area (Å²) in [5.41, 5.74) is -7.87. The molecule has 19 heteroatoms. The van der Waals surface area contributed by atoms with Crippen molar-refractivity contribution in [2.45, 2.75) is 61.4 Å². The number of halogens is 6. The number of carbonyl (C=O) groups excluding carboxylic acids is 2. The standard InChI is InChI=1S/C34H31BF6N6O5S/c1-3-14-42-28(48)23-17-32(2,46-31(50)44-21-10-7-11-22(16-21)53-34(39,40)41)30-45-27(35-51-24-12-4-5-13-25(24)52-35)26(29(49)47(23)30)43-18-19-8-6-9-20(15-19)33(36,37)38/h4-13,15-16,23,43H,3,14,17-18H2,1-2H3,(H,42,48)(H2,44,46,50). The molecule has 0 fully saturated rings. The first kappa shape index (κ1) is 37.4. The van der Waals surface area contributed by atoms with E-state index in [1.807, 2.05) is 6.92 Å². The Balaban J connectivity index is 1.40. The molecule has 2 unspecified atom stereocenters. The zero-order valence-electron chi connectivity index (χ0n) is 28.0. The third-order valence-electron chi connectivity index (χ3n) is 8.38. The number of fused-ring (bicyclic) bond motifs is 2. The van der Waals surface area contributed by atoms with Crippen LogP contribution in [0.25, 0.3) is 0 Å². The molecule has 0 saturated heterocycles. The molecule has 4 N–H and O–H groups in total. The van der Waals surface area contributed by atoms with Gasteiger partial charge in [-0.2, -0.15) is 26.3 Å². The van der Waals surface area contributed by atoms with Crippen LogP contribution in [0.15, 0.2) is 82.5 Å². The molecule has 2 aliphatic rings. The van der Waals surface area contributed by atoms with Crippen molar-refractivity contribution >= 4 is 47.8 Å². The minimum Gasteiger partial charge on any atom is -0.518 e. The van der Waals surface area contributed by atoms with Crippen molar-refractivity contribution in [3.63, 3.8) is 0 Å². The summed E-state index contributed by atoms with van der Waals surface area (Å²) in [4.78, 5) is 46.1. The Morgan fingerprint density at radius 3 is 2.36 bits per heavy atom. The first-order valence-electron chi connectivity index (χ1n) is 16.3. The van der Waals surface area contributed by atoms with E-state index in [2.05, 4.69) is 21.3 Å². The van der Waals surface area contributed by atoms with E-state index >= 15 is 0 Å². The zero-order chi connectivity index (χ0) is 38.1. The van der Waals surface area contributed by atoms with Gasteiger partial charge < -0.3 is 30.6 Å². The highest BCUT2D eigenvalue weighted by Gasteiger charge is 2.50. The summed E-state index contributed by atoms with van der Waals surface area (Å²) in [5, 5.41) is 10.9. The molecule has 2 aliphatic heterocycles. The highest BCUT2D eigenvalue weighted by molar-refractivity contribution is 8.00. The minimum absolute atomic E-state index is 0.0429. The number of carbonyl (C=O) groups is 2. The highest BCUT2D eigenvalue weighted by Crippen LogP contribution is 2.40. The van der Waals surface area contributed by atoms with Crippen molar-refractivity contribution in [1.29, 1.82) is 0 Å². The average molecular weight is 761 g/mol. The number of anilines is 2. The molecular formula is C34H31BF6N6O5S. The van der Waals surface area contributed by atoms with Crippen molar-refractivity contribution in [1.82, 2.24) is 20.2 Å². The van der Waals surface area contributed by atoms with Gasteiger partial charge in [0.05, 0.1) is 11.1 Å². The maximum absolute atomic E-state index is 14.5. The van der Waals surface area contributed by atoms with Crippen LogP contribution in [0, 0.1) is 0 Å². The van der Waals surface area contributed by atoms with Gasteiger partial charge in [-0.05, 0) is 73.1 Å². The number of aromatic nitrogens is 2. The van der Waals surface area contributed by atoms with Gasteiger partial charge in [-0.1, -0.05) is 37.3 Å². The van der Waals surface area contributed by atoms with Gasteiger partial charge in [-0.25, -0.2) is 9.78 Å². The average Bonchev–Trinajstić information content (AvgIpc) is 3.64. The Morgan fingerprint density at radius 1 is 1.00 bits per heavy atom. The van der Waals surface area contributed by atoms with E-state index in [9.17, 15) is 40.7 Å². The van der Waals surface area contributed by atoms with Crippen LogP contribution in [0.5, 0.6) is 11.5 Å². The summed E-state index contributed by atoms with van der Waals surface area (Å²) >= 11 is -0.353. The number of hydrogen-bond acceptors (Lipinski definition) is 8. The molecule has 0 spiro atoms. The number of alkyl halides is 6. The van der Waals surface area contributed by atoms with Gasteiger partial charge in [-0.15, -0.1) is 0 Å². The number of hydrogen-bond donors (Lipinski definition) is 4. The Hall–Kier alpha value is -5.33. The molecule has 278 valence electrons. The number of urea groups is 1. The van der Waals surface area contributed by atoms with E-state index in [4.69, 9.17) is 14.3 Å². The molecule has 11 nitrogen and oxygen atoms in total. The maximum Gasteiger partial charge on any atom is 0.655 e. The largest absolute Gasteiger partial charge is 0.655 e. The number of nitrogens with zero attached hydrogens (tertiary/aromatic N) is 2. The predicted octanol–water partition coefficient (Wildman–Crippen LogP) is 6.16. The fourth-order valence-electron chi connectivity index (χ4n) is 6.06. The first-order valence-corrected chi connectivity index (χ1v) is 17.1. The number of thioether (sulfide) groups is 1. The minimum atomic E-state index is -4.61. The van der Waals surface area contributed by atoms with E-state index < -0.39 is 53.4 Å². The molecule has 3 amide bonds. The fourth-order valence-corrected chi connectivity index (χ4v) is 6.66. The summed E-state index contributed by atoms with van der Waals surface area (Å²) < 4.78 is 92.5. The maximum atomic E-state index is 14.5. The second kappa shape index (κ2) is 14.6. The third kappa shape index (κ3) is 8.34. The molecule has 0 aliphatic carbocycles. The normalized spacial score (nSPS) is 17.7. The molecule has 0 radical (unpaired) electrons. The van der Waals surface area contributed by atoms with Crippen molar-refractivity contribution in [3.8, 4) is 11.5 Å². The van der Waals surface area contributed by atoms with Crippen LogP contribution in [-0.2, 0) is 23.1 Å². The lowest BCUT2D eigenvalue weighted by Gasteiger charge is -2.26. The lowest BCUT2D eigenvalue weighted by atomic mass is 9.82. The van der Waals surface area contributed by atoms with E-state index in [-0.39, 0.29) is 64.5 Å². The fraction of sp³-hybridized carbons (Fsp3) is 0.294. The van der Waals surface area contributed by atoms with Gasteiger partial charge in [0.15, 0.2) is 0 Å². The SMILES string of the molecule is CCCNC(=O)C1CC(C)(NC(=O)Nc2cccc(SC(F)(F)F)c2)c2nc(B3Oc4ccccc4O3)c(NCc3cccc(C(F)(F)F)c3)c(=O)n21. The Kier molecular flexibility index (Phi) is 10.3. The molecular weight excluding hydrogens is 729 g/mol. The van der Waals surface area contributed by atoms with E-state index in [1.165, 1.54) is 37.3 Å². The van der Waals surface area contributed by atoms with Gasteiger partial charge in [0.2, 0.25) is 5.91 Å². The molecule has 4 aromatic rings. The van der Waals surface area contributed by atoms with Gasteiger partial charge in [0, 0.05) is 30.1 Å². The number of rotatable bonds is 10. The third-order valence-corrected chi connectivity index (χ3v) is 9.10. The molecule has 6 rings (SSSR count). The van der Waals surface area contributed by atoms with Gasteiger partial charge in [-0.3, -0.25) is 14.2 Å². The molecule has 3 heterocycles. The van der Waals surface area contributed by atoms with E-state index in [0.29, 0.717) is 17.9 Å². The van der Waals surface area contributed by atoms with E-state index in [0.717, 1.165) is 22.8 Å². The van der Waals surface area contributed by atoms with Crippen LogP contribution >= 0.6 is 11.8 Å². The number of nitrogens with one attached hydrogen (secondary N) is 4. The first-order chi connectivity index (χ1) is 25.0. The lowest BCUT2D eigenvalue weighted by molar-refractivity contribution is -0.137. The van der Waals surface area contributed by atoms with Crippen LogP contribution in [-0.4, -0.2) is 40.7 Å². The van der Waals surface area contributed by atoms with Crippen molar-refractivity contribution in [3.05, 3.63) is 100 Å². The molecule has 0 saturated carbocycles. The van der Waals surface area contributed by atoms with Crippen LogP contribution < -0.4 is 41.7 Å². The second-order valence-corrected chi connectivity index (χ2v) is 13.6. The summed E-state index contributed by atoms with van der Waals surface area (Å²) in [5.74, 6) is 0.0223. The van der Waals surface area contributed by atoms with Crippen LogP contribution in [0.3, 0.4) is 0 Å². The van der Waals surface area contributed by atoms with Crippen molar-refractivity contribution < 1.29 is 45.2 Å². The predicted molar refractivity (Wildman–Crippen MR) is 185 cm³/mol. The van der Waals surface area contributed by atoms with Crippen molar-refractivity contribution in [2.24, 2.45) is 0 Å². The van der Waals surface area contributed by atoms with E-state index in [1.54, 1.807) is 24.3 Å². The number of benzene rings is 3. The Morgan fingerprint density at radius 2 is 1.70 bits per heavy atom. The molecule has 0 bridgehead atoms. The molecule has 1 aromatic heterocycles. The van der Waals surface area contributed by atoms with Crippen LogP contribution in [0.4, 0.5) is 42.5 Å². The highest BCUT2D eigenvalue weighted by atomic mass is 32.2. The zero-order valence-corrected chi connectivity index (χ0v) is 28.8. The monoisotopic (exact) mass is 760 g/mol. The summed E-state index contributed by atoms with van der Waals surface area (Å²) in [6, 6.07) is 14.2. The quantitative estimate of drug-likeness (QED) is 0.0859. The second-order valence-electron chi connectivity index (χ2n) is 12.4. The van der Waals surface area contributed by atoms with Crippen molar-refractivity contribution in [2.75, 3.05) is 17.2 Å². The Labute approximate surface area is 303 Å². The van der Waals surface area contributed by atoms with Gasteiger partial charge >= 0.3 is 24.8 Å². The summed E-state index contributed by atoms with van der Waals surface area (Å²) in [6.45, 7) is 3.36. The molecule has 53 heavy (non-hydrogen) atoms. The summed E-state index contributed by atoms with van der Waals surface area (Å²) in [6.07, 6.45) is -4.21.